The van der Waals surface area contributed by atoms with Crippen molar-refractivity contribution < 1.29 is 24.2 Å². The molecular weight excluding hydrogens is 250 g/mol. The summed E-state index contributed by atoms with van der Waals surface area (Å²) in [5.74, 6) is -0.855. The number of carboxylic acid groups (broad SMARTS) is 1. The van der Waals surface area contributed by atoms with E-state index in [9.17, 15) is 9.59 Å². The topological polar surface area (TPSA) is 76.1 Å². The summed E-state index contributed by atoms with van der Waals surface area (Å²) in [7, 11) is 1.65. The Morgan fingerprint density at radius 2 is 2.21 bits per heavy atom. The molecule has 1 atom stereocenters. The number of amides is 1. The van der Waals surface area contributed by atoms with Crippen molar-refractivity contribution in [2.75, 3.05) is 26.8 Å². The second kappa shape index (κ2) is 5.88. The Kier molecular flexibility index (Phi) is 4.42. The zero-order valence-electron chi connectivity index (χ0n) is 11.3. The van der Waals surface area contributed by atoms with Gasteiger partial charge in [0.1, 0.15) is 0 Å². The van der Waals surface area contributed by atoms with Crippen molar-refractivity contribution in [2.24, 2.45) is 0 Å². The first-order valence-corrected chi connectivity index (χ1v) is 6.71. The van der Waals surface area contributed by atoms with Gasteiger partial charge in [0.05, 0.1) is 31.2 Å². The van der Waals surface area contributed by atoms with E-state index in [1.807, 2.05) is 0 Å². The molecule has 1 saturated heterocycles. The standard InChI is InChI=1S/C13H21NO5/c1-18-13(3-2-4-13)8-11(15)14-5-6-19-10(9-14)7-12(16)17/h10H,2-9H2,1H3,(H,16,17)/t10-/m1/s1. The lowest BCUT2D eigenvalue weighted by Gasteiger charge is -2.42. The molecule has 1 saturated carbocycles. The van der Waals surface area contributed by atoms with E-state index in [-0.39, 0.29) is 17.9 Å². The Morgan fingerprint density at radius 1 is 1.47 bits per heavy atom. The van der Waals surface area contributed by atoms with Gasteiger partial charge in [0.25, 0.3) is 0 Å². The number of hydrogen-bond donors (Lipinski definition) is 1. The van der Waals surface area contributed by atoms with Crippen LogP contribution in [0.1, 0.15) is 32.1 Å². The third kappa shape index (κ3) is 3.45. The molecule has 0 radical (unpaired) electrons. The Morgan fingerprint density at radius 3 is 2.74 bits per heavy atom. The van der Waals surface area contributed by atoms with Crippen LogP contribution < -0.4 is 0 Å². The van der Waals surface area contributed by atoms with Crippen LogP contribution in [0.3, 0.4) is 0 Å². The summed E-state index contributed by atoms with van der Waals surface area (Å²) in [6.07, 6.45) is 2.90. The molecular formula is C13H21NO5. The van der Waals surface area contributed by atoms with Gasteiger partial charge in [-0.3, -0.25) is 9.59 Å². The molecule has 0 aromatic carbocycles. The molecule has 1 N–H and O–H groups in total. The van der Waals surface area contributed by atoms with E-state index in [0.29, 0.717) is 26.1 Å². The second-order valence-corrected chi connectivity index (χ2v) is 5.35. The average molecular weight is 271 g/mol. The third-order valence-electron chi connectivity index (χ3n) is 4.06. The van der Waals surface area contributed by atoms with Crippen molar-refractivity contribution in [3.05, 3.63) is 0 Å². The van der Waals surface area contributed by atoms with Crippen LogP contribution in [0, 0.1) is 0 Å². The summed E-state index contributed by atoms with van der Waals surface area (Å²) in [4.78, 5) is 24.6. The summed E-state index contributed by atoms with van der Waals surface area (Å²) < 4.78 is 10.8. The number of rotatable bonds is 5. The number of carboxylic acids is 1. The molecule has 0 unspecified atom stereocenters. The monoisotopic (exact) mass is 271 g/mol. The van der Waals surface area contributed by atoms with Crippen molar-refractivity contribution in [1.29, 1.82) is 0 Å². The number of carbonyl (C=O) groups excluding carboxylic acids is 1. The minimum atomic E-state index is -0.897. The molecule has 19 heavy (non-hydrogen) atoms. The first-order valence-electron chi connectivity index (χ1n) is 6.71. The molecule has 6 heteroatoms. The first-order chi connectivity index (χ1) is 9.04. The Labute approximate surface area is 112 Å². The molecule has 1 aliphatic heterocycles. The predicted molar refractivity (Wildman–Crippen MR) is 66.8 cm³/mol. The van der Waals surface area contributed by atoms with Crippen molar-refractivity contribution in [2.45, 2.75) is 43.8 Å². The molecule has 2 aliphatic rings. The molecule has 1 amide bonds. The Balaban J connectivity index is 1.86. The highest BCUT2D eigenvalue weighted by Gasteiger charge is 2.40. The van der Waals surface area contributed by atoms with Crippen LogP contribution in [0.5, 0.6) is 0 Å². The lowest BCUT2D eigenvalue weighted by Crippen LogP contribution is -2.50. The van der Waals surface area contributed by atoms with Crippen molar-refractivity contribution in [1.82, 2.24) is 4.90 Å². The zero-order valence-corrected chi connectivity index (χ0v) is 11.3. The minimum absolute atomic E-state index is 0.0419. The Bertz CT molecular complexity index is 347. The van der Waals surface area contributed by atoms with Crippen LogP contribution in [-0.2, 0) is 19.1 Å². The molecule has 2 rings (SSSR count). The van der Waals surface area contributed by atoms with E-state index < -0.39 is 12.1 Å². The maximum Gasteiger partial charge on any atom is 0.306 e. The highest BCUT2D eigenvalue weighted by molar-refractivity contribution is 5.77. The molecule has 0 spiro atoms. The van der Waals surface area contributed by atoms with Gasteiger partial charge < -0.3 is 19.5 Å². The maximum absolute atomic E-state index is 12.2. The molecule has 1 aliphatic carbocycles. The summed E-state index contributed by atoms with van der Waals surface area (Å²) in [5.41, 5.74) is -0.280. The number of aliphatic carboxylic acids is 1. The van der Waals surface area contributed by atoms with Crippen molar-refractivity contribution in [3.8, 4) is 0 Å². The molecule has 2 fully saturated rings. The fourth-order valence-corrected chi connectivity index (χ4v) is 2.68. The summed E-state index contributed by atoms with van der Waals surface area (Å²) in [6, 6.07) is 0. The molecule has 1 heterocycles. The number of carbonyl (C=O) groups is 2. The third-order valence-corrected chi connectivity index (χ3v) is 4.06. The smallest absolute Gasteiger partial charge is 0.306 e. The second-order valence-electron chi connectivity index (χ2n) is 5.35. The van der Waals surface area contributed by atoms with Crippen LogP contribution in [0.2, 0.25) is 0 Å². The van der Waals surface area contributed by atoms with Gasteiger partial charge in [-0.15, -0.1) is 0 Å². The molecule has 6 nitrogen and oxygen atoms in total. The number of nitrogens with zero attached hydrogens (tertiary/aromatic N) is 1. The van der Waals surface area contributed by atoms with Gasteiger partial charge in [0, 0.05) is 20.2 Å². The van der Waals surface area contributed by atoms with E-state index >= 15 is 0 Å². The fourth-order valence-electron chi connectivity index (χ4n) is 2.68. The van der Waals surface area contributed by atoms with Crippen LogP contribution in [0.4, 0.5) is 0 Å². The number of morpholine rings is 1. The predicted octanol–water partition coefficient (Wildman–Crippen LogP) is 0.648. The Hall–Kier alpha value is -1.14. The maximum atomic E-state index is 12.2. The normalized spacial score (nSPS) is 25.7. The lowest BCUT2D eigenvalue weighted by molar-refractivity contribution is -0.154. The van der Waals surface area contributed by atoms with Crippen LogP contribution in [0.15, 0.2) is 0 Å². The first kappa shape index (κ1) is 14.3. The van der Waals surface area contributed by atoms with E-state index in [1.165, 1.54) is 0 Å². The van der Waals surface area contributed by atoms with Gasteiger partial charge in [0.15, 0.2) is 0 Å². The molecule has 0 aromatic rings. The molecule has 0 aromatic heterocycles. The van der Waals surface area contributed by atoms with E-state index in [4.69, 9.17) is 14.6 Å². The van der Waals surface area contributed by atoms with Gasteiger partial charge >= 0.3 is 5.97 Å². The van der Waals surface area contributed by atoms with E-state index in [2.05, 4.69) is 0 Å². The minimum Gasteiger partial charge on any atom is -0.481 e. The largest absolute Gasteiger partial charge is 0.481 e. The van der Waals surface area contributed by atoms with Gasteiger partial charge in [-0.2, -0.15) is 0 Å². The van der Waals surface area contributed by atoms with Gasteiger partial charge in [-0.25, -0.2) is 0 Å². The fraction of sp³-hybridized carbons (Fsp3) is 0.846. The van der Waals surface area contributed by atoms with E-state index in [0.717, 1.165) is 19.3 Å². The van der Waals surface area contributed by atoms with Gasteiger partial charge in [0.2, 0.25) is 5.91 Å². The van der Waals surface area contributed by atoms with Crippen LogP contribution in [0.25, 0.3) is 0 Å². The zero-order chi connectivity index (χ0) is 13.9. The molecule has 108 valence electrons. The number of ether oxygens (including phenoxy) is 2. The SMILES string of the molecule is COC1(CC(=O)N2CCO[C@H](CC(=O)O)C2)CCC1. The lowest BCUT2D eigenvalue weighted by atomic mass is 9.77. The van der Waals surface area contributed by atoms with Crippen molar-refractivity contribution >= 4 is 11.9 Å². The highest BCUT2D eigenvalue weighted by Crippen LogP contribution is 2.38. The average Bonchev–Trinajstić information content (AvgIpc) is 2.33. The summed E-state index contributed by atoms with van der Waals surface area (Å²) in [6.45, 7) is 1.31. The summed E-state index contributed by atoms with van der Waals surface area (Å²) in [5, 5.41) is 8.76. The number of methoxy groups -OCH3 is 1. The van der Waals surface area contributed by atoms with Crippen LogP contribution >= 0.6 is 0 Å². The highest BCUT2D eigenvalue weighted by atomic mass is 16.5. The van der Waals surface area contributed by atoms with Crippen molar-refractivity contribution in [3.63, 3.8) is 0 Å². The van der Waals surface area contributed by atoms with Crippen LogP contribution in [-0.4, -0.2) is 60.4 Å². The van der Waals surface area contributed by atoms with E-state index in [1.54, 1.807) is 12.0 Å². The quantitative estimate of drug-likeness (QED) is 0.794. The number of hydrogen-bond acceptors (Lipinski definition) is 4. The summed E-state index contributed by atoms with van der Waals surface area (Å²) >= 11 is 0. The van der Waals surface area contributed by atoms with Gasteiger partial charge in [-0.05, 0) is 19.3 Å². The molecule has 0 bridgehead atoms. The van der Waals surface area contributed by atoms with Gasteiger partial charge in [-0.1, -0.05) is 0 Å².